The fourth-order valence-corrected chi connectivity index (χ4v) is 2.55. The van der Waals surface area contributed by atoms with Crippen molar-refractivity contribution in [3.05, 3.63) is 29.8 Å². The summed E-state index contributed by atoms with van der Waals surface area (Å²) in [6, 6.07) is 1.58. The van der Waals surface area contributed by atoms with Crippen molar-refractivity contribution in [2.75, 3.05) is 0 Å². The second-order valence-electron chi connectivity index (χ2n) is 7.61. The molecule has 0 aliphatic carbocycles. The van der Waals surface area contributed by atoms with Crippen molar-refractivity contribution in [1.82, 2.24) is 21.3 Å². The maximum atomic E-state index is 12.8. The van der Waals surface area contributed by atoms with Gasteiger partial charge in [0, 0.05) is 6.42 Å². The highest BCUT2D eigenvalue weighted by atomic mass is 16.3. The zero-order chi connectivity index (χ0) is 24.4. The number of nitrogens with two attached hydrogens (primary N) is 1. The molecule has 1 aromatic rings. The van der Waals surface area contributed by atoms with Gasteiger partial charge in [0.05, 0.1) is 12.1 Å². The van der Waals surface area contributed by atoms with Crippen molar-refractivity contribution in [2.24, 2.45) is 5.73 Å². The van der Waals surface area contributed by atoms with Crippen LogP contribution >= 0.6 is 0 Å². The second-order valence-corrected chi connectivity index (χ2v) is 7.61. The summed E-state index contributed by atoms with van der Waals surface area (Å²) in [5.74, 6) is -2.29. The van der Waals surface area contributed by atoms with Crippen molar-refractivity contribution < 1.29 is 29.1 Å². The van der Waals surface area contributed by atoms with Crippen LogP contribution in [0.2, 0.25) is 0 Å². The van der Waals surface area contributed by atoms with E-state index in [0.717, 1.165) is 0 Å². The summed E-state index contributed by atoms with van der Waals surface area (Å²) < 4.78 is 0. The number of aromatic hydroxyl groups is 1. The Morgan fingerprint density at radius 1 is 0.844 bits per heavy atom. The third-order valence-corrected chi connectivity index (χ3v) is 4.50. The van der Waals surface area contributed by atoms with Gasteiger partial charge in [-0.05, 0) is 45.4 Å². The zero-order valence-electron chi connectivity index (χ0n) is 18.5. The van der Waals surface area contributed by atoms with Gasteiger partial charge in [0.2, 0.25) is 23.6 Å². The topological polar surface area (TPSA) is 180 Å². The molecule has 1 aromatic carbocycles. The van der Waals surface area contributed by atoms with Crippen LogP contribution in [0.3, 0.4) is 0 Å². The Hall–Kier alpha value is -3.47. The number of carbonyl (C=O) groups excluding carboxylic acids is 5. The van der Waals surface area contributed by atoms with Gasteiger partial charge in [0.15, 0.2) is 0 Å². The molecule has 0 bridgehead atoms. The number of nitrogens with one attached hydrogen (secondary N) is 4. The fraction of sp³-hybridized carbons (Fsp3) is 0.476. The van der Waals surface area contributed by atoms with Crippen molar-refractivity contribution in [3.63, 3.8) is 0 Å². The van der Waals surface area contributed by atoms with Crippen LogP contribution in [0.5, 0.6) is 5.75 Å². The first-order valence-corrected chi connectivity index (χ1v) is 10.1. The average molecular weight is 450 g/mol. The van der Waals surface area contributed by atoms with Gasteiger partial charge >= 0.3 is 0 Å². The largest absolute Gasteiger partial charge is 0.508 e. The summed E-state index contributed by atoms with van der Waals surface area (Å²) in [6.07, 6.45) is 0.654. The first kappa shape index (κ1) is 26.6. The molecule has 32 heavy (non-hydrogen) atoms. The number of amides is 4. The molecule has 0 saturated carbocycles. The standard InChI is InChI=1S/C21H31N5O6/c1-11(10-27)23-19(30)13(3)24-20(31)14(4)25-21(32)17(26-18(29)12(2)22)9-15-5-7-16(28)8-6-15/h5-8,10-14,17,28H,9,22H2,1-4H3,(H,23,30)(H,24,31)(H,25,32)(H,26,29)/t11-,12-,13-,14-,17-/m0/s1. The van der Waals surface area contributed by atoms with Crippen molar-refractivity contribution in [3.8, 4) is 5.75 Å². The number of carbonyl (C=O) groups is 5. The number of benzene rings is 1. The van der Waals surface area contributed by atoms with Gasteiger partial charge < -0.3 is 36.9 Å². The number of hydrogen-bond acceptors (Lipinski definition) is 7. The molecule has 7 N–H and O–H groups in total. The molecule has 11 nitrogen and oxygen atoms in total. The number of aldehydes is 1. The number of phenols is 1. The minimum atomic E-state index is -1.03. The van der Waals surface area contributed by atoms with Gasteiger partial charge in [-0.2, -0.15) is 0 Å². The normalized spacial score (nSPS) is 15.3. The molecule has 11 heteroatoms. The van der Waals surface area contributed by atoms with Gasteiger partial charge in [-0.25, -0.2) is 0 Å². The number of phenolic OH excluding ortho intramolecular Hbond substituents is 1. The van der Waals surface area contributed by atoms with E-state index in [1.807, 2.05) is 0 Å². The predicted molar refractivity (Wildman–Crippen MR) is 116 cm³/mol. The van der Waals surface area contributed by atoms with Gasteiger partial charge in [0.25, 0.3) is 0 Å². The van der Waals surface area contributed by atoms with Gasteiger partial charge in [-0.15, -0.1) is 0 Å². The fourth-order valence-electron chi connectivity index (χ4n) is 2.55. The highest BCUT2D eigenvalue weighted by Gasteiger charge is 2.27. The minimum Gasteiger partial charge on any atom is -0.508 e. The Kier molecular flexibility index (Phi) is 10.3. The molecule has 0 unspecified atom stereocenters. The Morgan fingerprint density at radius 2 is 1.34 bits per heavy atom. The van der Waals surface area contributed by atoms with Crippen molar-refractivity contribution in [1.29, 1.82) is 0 Å². The average Bonchev–Trinajstić information content (AvgIpc) is 2.73. The van der Waals surface area contributed by atoms with E-state index in [-0.39, 0.29) is 12.2 Å². The van der Waals surface area contributed by atoms with E-state index in [9.17, 15) is 29.1 Å². The molecule has 0 aliphatic heterocycles. The van der Waals surface area contributed by atoms with Gasteiger partial charge in [-0.1, -0.05) is 12.1 Å². The molecule has 4 amide bonds. The van der Waals surface area contributed by atoms with Gasteiger partial charge in [0.1, 0.15) is 30.2 Å². The Bertz CT molecular complexity index is 826. The van der Waals surface area contributed by atoms with Crippen LogP contribution in [-0.2, 0) is 30.4 Å². The van der Waals surface area contributed by atoms with Crippen LogP contribution in [-0.4, -0.2) is 65.2 Å². The molecule has 5 atom stereocenters. The van der Waals surface area contributed by atoms with Crippen LogP contribution in [0, 0.1) is 0 Å². The monoisotopic (exact) mass is 449 g/mol. The molecule has 0 heterocycles. The van der Waals surface area contributed by atoms with E-state index in [1.54, 1.807) is 12.1 Å². The molecule has 0 fully saturated rings. The Labute approximate surface area is 186 Å². The highest BCUT2D eigenvalue weighted by molar-refractivity contribution is 5.94. The smallest absolute Gasteiger partial charge is 0.243 e. The molecule has 176 valence electrons. The molecule has 0 spiro atoms. The zero-order valence-corrected chi connectivity index (χ0v) is 18.5. The molecule has 0 aliphatic rings. The lowest BCUT2D eigenvalue weighted by molar-refractivity contribution is -0.133. The lowest BCUT2D eigenvalue weighted by Crippen LogP contribution is -2.57. The molecule has 0 aromatic heterocycles. The maximum absolute atomic E-state index is 12.8. The van der Waals surface area contributed by atoms with Crippen LogP contribution in [0.1, 0.15) is 33.3 Å². The number of rotatable bonds is 11. The summed E-state index contributed by atoms with van der Waals surface area (Å²) in [5, 5.41) is 19.3. The minimum absolute atomic E-state index is 0.0559. The SMILES string of the molecule is C[C@H](N)C(=O)N[C@@H](Cc1ccc(O)cc1)C(=O)N[C@@H](C)C(=O)N[C@@H](C)C(=O)N[C@@H](C)C=O. The maximum Gasteiger partial charge on any atom is 0.243 e. The summed E-state index contributed by atoms with van der Waals surface area (Å²) >= 11 is 0. The summed E-state index contributed by atoms with van der Waals surface area (Å²) in [5.41, 5.74) is 6.24. The predicted octanol–water partition coefficient (Wildman–Crippen LogP) is -1.52. The summed E-state index contributed by atoms with van der Waals surface area (Å²) in [6.45, 7) is 5.83. The van der Waals surface area contributed by atoms with Gasteiger partial charge in [-0.3, -0.25) is 19.2 Å². The molecule has 1 rings (SSSR count). The van der Waals surface area contributed by atoms with E-state index < -0.39 is 53.8 Å². The van der Waals surface area contributed by atoms with E-state index >= 15 is 0 Å². The van der Waals surface area contributed by atoms with Crippen LogP contribution < -0.4 is 27.0 Å². The van der Waals surface area contributed by atoms with Crippen molar-refractivity contribution >= 4 is 29.9 Å². The molecular formula is C21H31N5O6. The lowest BCUT2D eigenvalue weighted by atomic mass is 10.0. The Balaban J connectivity index is 2.80. The second kappa shape index (κ2) is 12.4. The summed E-state index contributed by atoms with van der Waals surface area (Å²) in [4.78, 5) is 59.8. The molecule has 0 radical (unpaired) electrons. The first-order chi connectivity index (χ1) is 14.9. The van der Waals surface area contributed by atoms with Crippen LogP contribution in [0.15, 0.2) is 24.3 Å². The van der Waals surface area contributed by atoms with Crippen LogP contribution in [0.25, 0.3) is 0 Å². The van der Waals surface area contributed by atoms with E-state index in [4.69, 9.17) is 5.73 Å². The molecule has 0 saturated heterocycles. The number of hydrogen-bond donors (Lipinski definition) is 6. The Morgan fingerprint density at radius 3 is 1.84 bits per heavy atom. The van der Waals surface area contributed by atoms with E-state index in [2.05, 4.69) is 21.3 Å². The van der Waals surface area contributed by atoms with Crippen LogP contribution in [0.4, 0.5) is 0 Å². The first-order valence-electron chi connectivity index (χ1n) is 10.1. The van der Waals surface area contributed by atoms with E-state index in [1.165, 1.54) is 39.8 Å². The quantitative estimate of drug-likeness (QED) is 0.222. The highest BCUT2D eigenvalue weighted by Crippen LogP contribution is 2.11. The van der Waals surface area contributed by atoms with E-state index in [0.29, 0.717) is 11.8 Å². The lowest BCUT2D eigenvalue weighted by Gasteiger charge is -2.23. The third kappa shape index (κ3) is 8.72. The molecular weight excluding hydrogens is 418 g/mol. The van der Waals surface area contributed by atoms with Crippen molar-refractivity contribution in [2.45, 2.75) is 64.3 Å². The third-order valence-electron chi connectivity index (χ3n) is 4.50. The summed E-state index contributed by atoms with van der Waals surface area (Å²) in [7, 11) is 0.